The number of nitrogens with zero attached hydrogens (tertiary/aromatic N) is 3. The Morgan fingerprint density at radius 2 is 2.09 bits per heavy atom. The van der Waals surface area contributed by atoms with Gasteiger partial charge < -0.3 is 19.6 Å². The number of nitrogens with two attached hydrogens (primary N) is 1. The fourth-order valence-corrected chi connectivity index (χ4v) is 2.41. The Hall–Kier alpha value is -1.86. The molecular weight excluding hydrogens is 320 g/mol. The van der Waals surface area contributed by atoms with Gasteiger partial charge in [-0.1, -0.05) is 13.8 Å². The van der Waals surface area contributed by atoms with Crippen LogP contribution in [0.5, 0.6) is 0 Å². The molecule has 2 rings (SSSR count). The zero-order valence-corrected chi connectivity index (χ0v) is 14.9. The zero-order chi connectivity index (χ0) is 16.7. The number of rotatable bonds is 4. The molecule has 7 nitrogen and oxygen atoms in total. The number of fused-ring (bicyclic) bond motifs is 1. The maximum atomic E-state index is 12.7. The van der Waals surface area contributed by atoms with Crippen LogP contribution in [0.4, 0.5) is 0 Å². The highest BCUT2D eigenvalue weighted by atomic mass is 35.5. The Kier molecular flexibility index (Phi) is 5.60. The van der Waals surface area contributed by atoms with Crippen LogP contribution in [0, 0.1) is 12.3 Å². The number of amides is 1. The predicted octanol–water partition coefficient (Wildman–Crippen LogP) is 1.31. The fourth-order valence-electron chi connectivity index (χ4n) is 2.41. The van der Waals surface area contributed by atoms with Crippen molar-refractivity contribution >= 4 is 29.4 Å². The topological polar surface area (TPSA) is 94.4 Å². The molecule has 0 aliphatic carbocycles. The number of furan rings is 1. The minimum atomic E-state index is -0.295. The van der Waals surface area contributed by atoms with Gasteiger partial charge in [-0.15, -0.1) is 12.4 Å². The van der Waals surface area contributed by atoms with Crippen molar-refractivity contribution in [2.45, 2.75) is 20.8 Å². The molecule has 1 amide bonds. The first kappa shape index (κ1) is 19.2. The number of aromatic nitrogens is 2. The van der Waals surface area contributed by atoms with Crippen LogP contribution in [-0.4, -0.2) is 40.5 Å². The SMILES string of the molecule is Cc1oc2ncn(C)c(=O)c2c1C(=O)N(C)CC(C)(C)CN.Cl. The van der Waals surface area contributed by atoms with E-state index in [9.17, 15) is 9.59 Å². The van der Waals surface area contributed by atoms with Crippen molar-refractivity contribution < 1.29 is 9.21 Å². The van der Waals surface area contributed by atoms with E-state index in [0.717, 1.165) is 0 Å². The van der Waals surface area contributed by atoms with Crippen LogP contribution in [0.3, 0.4) is 0 Å². The molecule has 128 valence electrons. The second kappa shape index (κ2) is 6.72. The van der Waals surface area contributed by atoms with Crippen LogP contribution in [0.2, 0.25) is 0 Å². The molecule has 0 saturated carbocycles. The average Bonchev–Trinajstić information content (AvgIpc) is 2.78. The first-order valence-corrected chi connectivity index (χ1v) is 7.08. The lowest BCUT2D eigenvalue weighted by atomic mass is 9.93. The maximum absolute atomic E-state index is 12.7. The number of aryl methyl sites for hydroxylation is 2. The van der Waals surface area contributed by atoms with Crippen LogP contribution in [0.25, 0.3) is 11.1 Å². The van der Waals surface area contributed by atoms with Gasteiger partial charge in [-0.05, 0) is 18.9 Å². The van der Waals surface area contributed by atoms with Crippen LogP contribution in [0.15, 0.2) is 15.5 Å². The third kappa shape index (κ3) is 3.56. The molecule has 0 unspecified atom stereocenters. The van der Waals surface area contributed by atoms with Gasteiger partial charge in [-0.2, -0.15) is 0 Å². The van der Waals surface area contributed by atoms with Crippen molar-refractivity contribution in [1.82, 2.24) is 14.5 Å². The normalized spacial score (nSPS) is 11.4. The van der Waals surface area contributed by atoms with E-state index < -0.39 is 0 Å². The minimum Gasteiger partial charge on any atom is -0.442 e. The highest BCUT2D eigenvalue weighted by Gasteiger charge is 2.27. The third-order valence-electron chi connectivity index (χ3n) is 3.73. The number of hydrogen-bond acceptors (Lipinski definition) is 5. The summed E-state index contributed by atoms with van der Waals surface area (Å²) in [6, 6.07) is 0. The first-order chi connectivity index (χ1) is 10.2. The molecule has 0 aliphatic heterocycles. The Bertz CT molecular complexity index is 779. The number of hydrogen-bond donors (Lipinski definition) is 1. The summed E-state index contributed by atoms with van der Waals surface area (Å²) in [5.74, 6) is 0.135. The van der Waals surface area contributed by atoms with Crippen LogP contribution in [-0.2, 0) is 7.05 Å². The summed E-state index contributed by atoms with van der Waals surface area (Å²) in [4.78, 5) is 30.7. The Balaban J connectivity index is 0.00000264. The number of carbonyl (C=O) groups is 1. The van der Waals surface area contributed by atoms with Crippen molar-refractivity contribution in [3.63, 3.8) is 0 Å². The van der Waals surface area contributed by atoms with Gasteiger partial charge in [0, 0.05) is 20.6 Å². The molecule has 2 aromatic heterocycles. The van der Waals surface area contributed by atoms with Gasteiger partial charge >= 0.3 is 0 Å². The molecule has 0 aliphatic rings. The molecule has 2 aromatic rings. The van der Waals surface area contributed by atoms with Gasteiger partial charge in [0.15, 0.2) is 0 Å². The molecule has 0 saturated heterocycles. The van der Waals surface area contributed by atoms with E-state index in [4.69, 9.17) is 10.2 Å². The van der Waals surface area contributed by atoms with Crippen molar-refractivity contribution in [3.8, 4) is 0 Å². The van der Waals surface area contributed by atoms with Crippen molar-refractivity contribution in [3.05, 3.63) is 28.0 Å². The monoisotopic (exact) mass is 342 g/mol. The quantitative estimate of drug-likeness (QED) is 0.904. The smallest absolute Gasteiger partial charge is 0.265 e. The summed E-state index contributed by atoms with van der Waals surface area (Å²) in [6.45, 7) is 6.57. The van der Waals surface area contributed by atoms with Crippen molar-refractivity contribution in [1.29, 1.82) is 0 Å². The van der Waals surface area contributed by atoms with Crippen LogP contribution >= 0.6 is 12.4 Å². The van der Waals surface area contributed by atoms with Crippen LogP contribution < -0.4 is 11.3 Å². The molecule has 2 N–H and O–H groups in total. The second-order valence-electron chi connectivity index (χ2n) is 6.40. The minimum absolute atomic E-state index is 0. The molecule has 0 radical (unpaired) electrons. The molecule has 0 aromatic carbocycles. The zero-order valence-electron chi connectivity index (χ0n) is 14.0. The molecule has 8 heteroatoms. The summed E-state index contributed by atoms with van der Waals surface area (Å²) in [5, 5.41) is 0.227. The van der Waals surface area contributed by atoms with Crippen LogP contribution in [0.1, 0.15) is 30.0 Å². The summed E-state index contributed by atoms with van der Waals surface area (Å²) in [6.07, 6.45) is 1.38. The lowest BCUT2D eigenvalue weighted by Gasteiger charge is -2.29. The highest BCUT2D eigenvalue weighted by Crippen LogP contribution is 2.23. The molecular formula is C15H23ClN4O3. The Labute approximate surface area is 140 Å². The van der Waals surface area contributed by atoms with E-state index >= 15 is 0 Å². The van der Waals surface area contributed by atoms with E-state index in [1.807, 2.05) is 13.8 Å². The molecule has 0 fully saturated rings. The van der Waals surface area contributed by atoms with E-state index in [1.54, 1.807) is 25.9 Å². The maximum Gasteiger partial charge on any atom is 0.265 e. The number of carbonyl (C=O) groups excluding carboxylic acids is 1. The molecule has 0 atom stereocenters. The van der Waals surface area contributed by atoms with Crippen molar-refractivity contribution in [2.75, 3.05) is 20.1 Å². The van der Waals surface area contributed by atoms with Gasteiger partial charge in [-0.3, -0.25) is 9.59 Å². The van der Waals surface area contributed by atoms with Gasteiger partial charge in [0.2, 0.25) is 5.71 Å². The van der Waals surface area contributed by atoms with Gasteiger partial charge in [0.1, 0.15) is 17.5 Å². The third-order valence-corrected chi connectivity index (χ3v) is 3.73. The summed E-state index contributed by atoms with van der Waals surface area (Å²) >= 11 is 0. The Morgan fingerprint density at radius 3 is 2.65 bits per heavy atom. The highest BCUT2D eigenvalue weighted by molar-refractivity contribution is 6.06. The summed E-state index contributed by atoms with van der Waals surface area (Å²) in [5.41, 5.74) is 5.68. The largest absolute Gasteiger partial charge is 0.442 e. The van der Waals surface area contributed by atoms with Gasteiger partial charge in [0.05, 0.1) is 5.56 Å². The first-order valence-electron chi connectivity index (χ1n) is 7.08. The molecule has 0 spiro atoms. The molecule has 23 heavy (non-hydrogen) atoms. The second-order valence-corrected chi connectivity index (χ2v) is 6.40. The van der Waals surface area contributed by atoms with Crippen molar-refractivity contribution in [2.24, 2.45) is 18.2 Å². The summed E-state index contributed by atoms with van der Waals surface area (Å²) < 4.78 is 6.80. The lowest BCUT2D eigenvalue weighted by molar-refractivity contribution is 0.0740. The van der Waals surface area contributed by atoms with Gasteiger partial charge in [0.25, 0.3) is 11.5 Å². The standard InChI is InChI=1S/C15H22N4O3.ClH/c1-9-10(13(20)18(4)7-15(2,3)6-16)11-12(22-9)17-8-19(5)14(11)21;/h8H,6-7,16H2,1-5H3;1H. The van der Waals surface area contributed by atoms with Gasteiger partial charge in [-0.25, -0.2) is 4.98 Å². The number of halogens is 1. The average molecular weight is 343 g/mol. The van der Waals surface area contributed by atoms with E-state index in [2.05, 4.69) is 4.98 Å². The lowest BCUT2D eigenvalue weighted by Crippen LogP contribution is -2.40. The fraction of sp³-hybridized carbons (Fsp3) is 0.533. The molecule has 0 bridgehead atoms. The summed E-state index contributed by atoms with van der Waals surface area (Å²) in [7, 11) is 3.28. The Morgan fingerprint density at radius 1 is 1.48 bits per heavy atom. The predicted molar refractivity (Wildman–Crippen MR) is 91.0 cm³/mol. The van der Waals surface area contributed by atoms with E-state index in [-0.39, 0.29) is 46.0 Å². The van der Waals surface area contributed by atoms with E-state index in [0.29, 0.717) is 18.8 Å². The molecule has 2 heterocycles. The van der Waals surface area contributed by atoms with E-state index in [1.165, 1.54) is 10.9 Å².